The minimum Gasteiger partial charge on any atom is -0.487 e. The maximum Gasteiger partial charge on any atom is 0.339 e. The Bertz CT molecular complexity index is 1620. The number of carbonyl (C=O) groups is 2. The molecular formula is C28H25BrCl2F2N4O4. The van der Waals surface area contributed by atoms with Crippen LogP contribution in [0, 0.1) is 5.41 Å². The van der Waals surface area contributed by atoms with Crippen molar-refractivity contribution in [3.05, 3.63) is 74.2 Å². The second kappa shape index (κ2) is 12.2. The maximum atomic E-state index is 12.9. The fourth-order valence-electron chi connectivity index (χ4n) is 3.88. The third kappa shape index (κ3) is 6.91. The van der Waals surface area contributed by atoms with Crippen molar-refractivity contribution in [3.8, 4) is 11.4 Å². The molecular weight excluding hydrogens is 645 g/mol. The summed E-state index contributed by atoms with van der Waals surface area (Å²) in [5, 5.41) is 16.2. The summed E-state index contributed by atoms with van der Waals surface area (Å²) in [5.41, 5.74) is 1.22. The van der Waals surface area contributed by atoms with Crippen molar-refractivity contribution >= 4 is 73.7 Å². The largest absolute Gasteiger partial charge is 0.487 e. The normalized spacial score (nSPS) is 11.6. The molecule has 0 aliphatic rings. The number of imidazole rings is 1. The monoisotopic (exact) mass is 668 g/mol. The number of benzene rings is 3. The van der Waals surface area contributed by atoms with Crippen LogP contribution in [0.5, 0.6) is 5.75 Å². The van der Waals surface area contributed by atoms with Gasteiger partial charge in [0.2, 0.25) is 11.9 Å². The number of carbonyl (C=O) groups excluding carboxylic acids is 1. The SMILES string of the molecule is CC(C)(C)C(=O)NCc1ccc(Cl)c(Nc2nc3cc(C(=O)O)c(OCC(F)F)cc3n2-c2ccc(Br)cc2)c1Cl. The van der Waals surface area contributed by atoms with Crippen molar-refractivity contribution < 1.29 is 28.2 Å². The zero-order chi connectivity index (χ0) is 30.1. The van der Waals surface area contributed by atoms with Crippen LogP contribution < -0.4 is 15.4 Å². The van der Waals surface area contributed by atoms with Crippen molar-refractivity contribution in [1.82, 2.24) is 14.9 Å². The predicted octanol–water partition coefficient (Wildman–Crippen LogP) is 7.84. The number of ether oxygens (including phenoxy) is 1. The van der Waals surface area contributed by atoms with E-state index >= 15 is 0 Å². The number of halogens is 5. The average molecular weight is 670 g/mol. The lowest BCUT2D eigenvalue weighted by atomic mass is 9.95. The van der Waals surface area contributed by atoms with Crippen LogP contribution in [0.25, 0.3) is 16.7 Å². The first kappa shape index (κ1) is 30.5. The molecule has 1 heterocycles. The van der Waals surface area contributed by atoms with Crippen LogP contribution in [0.3, 0.4) is 0 Å². The van der Waals surface area contributed by atoms with Crippen LogP contribution in [-0.4, -0.2) is 39.6 Å². The molecule has 0 bridgehead atoms. The molecule has 0 radical (unpaired) electrons. The van der Waals surface area contributed by atoms with Gasteiger partial charge in [0.25, 0.3) is 6.43 Å². The van der Waals surface area contributed by atoms with Crippen molar-refractivity contribution in [1.29, 1.82) is 0 Å². The highest BCUT2D eigenvalue weighted by atomic mass is 79.9. The van der Waals surface area contributed by atoms with Gasteiger partial charge in [0, 0.05) is 28.2 Å². The molecule has 0 aliphatic heterocycles. The zero-order valence-corrected chi connectivity index (χ0v) is 25.2. The van der Waals surface area contributed by atoms with Gasteiger partial charge in [0.05, 0.1) is 26.8 Å². The Labute approximate surface area is 252 Å². The topological polar surface area (TPSA) is 105 Å². The minimum absolute atomic E-state index is 0.150. The van der Waals surface area contributed by atoms with E-state index < -0.39 is 24.4 Å². The number of alkyl halides is 2. The average Bonchev–Trinajstić information content (AvgIpc) is 3.25. The first-order valence-corrected chi connectivity index (χ1v) is 13.8. The molecule has 4 aromatic rings. The summed E-state index contributed by atoms with van der Waals surface area (Å²) in [6, 6.07) is 13.1. The number of carboxylic acid groups (broad SMARTS) is 1. The number of hydrogen-bond acceptors (Lipinski definition) is 5. The molecule has 3 aromatic carbocycles. The molecule has 41 heavy (non-hydrogen) atoms. The Morgan fingerprint density at radius 2 is 1.80 bits per heavy atom. The Hall–Kier alpha value is -3.41. The van der Waals surface area contributed by atoms with E-state index in [1.54, 1.807) is 61.7 Å². The van der Waals surface area contributed by atoms with Gasteiger partial charge in [-0.3, -0.25) is 9.36 Å². The number of anilines is 2. The van der Waals surface area contributed by atoms with Crippen molar-refractivity contribution in [2.75, 3.05) is 11.9 Å². The van der Waals surface area contributed by atoms with E-state index in [1.165, 1.54) is 12.1 Å². The van der Waals surface area contributed by atoms with Gasteiger partial charge >= 0.3 is 5.97 Å². The van der Waals surface area contributed by atoms with E-state index in [4.69, 9.17) is 27.9 Å². The highest BCUT2D eigenvalue weighted by molar-refractivity contribution is 9.10. The second-order valence-corrected chi connectivity index (χ2v) is 11.7. The van der Waals surface area contributed by atoms with Gasteiger partial charge in [-0.2, -0.15) is 0 Å². The molecule has 8 nitrogen and oxygen atoms in total. The summed E-state index contributed by atoms with van der Waals surface area (Å²) >= 11 is 16.7. The maximum absolute atomic E-state index is 12.9. The van der Waals surface area contributed by atoms with E-state index in [2.05, 4.69) is 31.5 Å². The smallest absolute Gasteiger partial charge is 0.339 e. The number of rotatable bonds is 9. The summed E-state index contributed by atoms with van der Waals surface area (Å²) in [5.74, 6) is -1.54. The molecule has 0 fully saturated rings. The van der Waals surface area contributed by atoms with Gasteiger partial charge in [-0.15, -0.1) is 0 Å². The highest BCUT2D eigenvalue weighted by Gasteiger charge is 2.24. The van der Waals surface area contributed by atoms with Crippen LogP contribution in [0.4, 0.5) is 20.4 Å². The molecule has 1 aromatic heterocycles. The predicted molar refractivity (Wildman–Crippen MR) is 158 cm³/mol. The third-order valence-electron chi connectivity index (χ3n) is 5.96. The number of aromatic nitrogens is 2. The molecule has 1 amide bonds. The van der Waals surface area contributed by atoms with Crippen LogP contribution in [0.2, 0.25) is 10.0 Å². The number of nitrogens with zero attached hydrogens (tertiary/aromatic N) is 2. The van der Waals surface area contributed by atoms with Crippen LogP contribution in [-0.2, 0) is 11.3 Å². The molecule has 0 unspecified atom stereocenters. The quantitative estimate of drug-likeness (QED) is 0.168. The standard InChI is InChI=1S/C28H25BrCl2F2N4O4/c1-28(2,3)26(40)34-12-14-4-9-18(30)24(23(14)31)36-27-35-19-10-17(25(38)39)21(41-13-22(32)33)11-20(19)37(27)16-7-5-15(29)6-8-16/h4-11,22H,12-13H2,1-3H3,(H,34,40)(H,35,36)(H,38,39). The molecule has 4 rings (SSSR count). The van der Waals surface area contributed by atoms with Crippen molar-refractivity contribution in [2.24, 2.45) is 5.41 Å². The fraction of sp³-hybridized carbons (Fsp3) is 0.250. The van der Waals surface area contributed by atoms with Gasteiger partial charge in [-0.25, -0.2) is 18.6 Å². The molecule has 3 N–H and O–H groups in total. The number of amides is 1. The van der Waals surface area contributed by atoms with E-state index in [1.807, 2.05) is 0 Å². The van der Waals surface area contributed by atoms with E-state index in [0.717, 1.165) is 4.47 Å². The van der Waals surface area contributed by atoms with Gasteiger partial charge in [0.1, 0.15) is 17.9 Å². The molecule has 13 heteroatoms. The molecule has 0 saturated heterocycles. The van der Waals surface area contributed by atoms with Crippen LogP contribution in [0.15, 0.2) is 53.0 Å². The molecule has 0 aliphatic carbocycles. The lowest BCUT2D eigenvalue weighted by Crippen LogP contribution is -2.34. The summed E-state index contributed by atoms with van der Waals surface area (Å²) in [6.45, 7) is 4.56. The molecule has 0 spiro atoms. The number of nitrogens with one attached hydrogen (secondary N) is 2. The van der Waals surface area contributed by atoms with Gasteiger partial charge in [-0.05, 0) is 42.0 Å². The number of aromatic carboxylic acids is 1. The Morgan fingerprint density at radius 3 is 2.41 bits per heavy atom. The van der Waals surface area contributed by atoms with E-state index in [-0.39, 0.29) is 45.3 Å². The summed E-state index contributed by atoms with van der Waals surface area (Å²) in [7, 11) is 0. The minimum atomic E-state index is -2.80. The van der Waals surface area contributed by atoms with E-state index in [0.29, 0.717) is 22.5 Å². The van der Waals surface area contributed by atoms with Gasteiger partial charge < -0.3 is 20.5 Å². The Balaban J connectivity index is 1.84. The van der Waals surface area contributed by atoms with E-state index in [9.17, 15) is 23.5 Å². The highest BCUT2D eigenvalue weighted by Crippen LogP contribution is 2.38. The fourth-order valence-corrected chi connectivity index (χ4v) is 4.67. The zero-order valence-electron chi connectivity index (χ0n) is 22.1. The summed E-state index contributed by atoms with van der Waals surface area (Å²) < 4.78 is 33.4. The van der Waals surface area contributed by atoms with Crippen molar-refractivity contribution in [3.63, 3.8) is 0 Å². The second-order valence-electron chi connectivity index (χ2n) is 10.0. The first-order chi connectivity index (χ1) is 19.3. The third-order valence-corrected chi connectivity index (χ3v) is 7.24. The first-order valence-electron chi connectivity index (χ1n) is 12.2. The number of carboxylic acids is 1. The van der Waals surface area contributed by atoms with Crippen LogP contribution >= 0.6 is 39.1 Å². The lowest BCUT2D eigenvalue weighted by Gasteiger charge is -2.19. The Kier molecular flexibility index (Phi) is 9.10. The van der Waals surface area contributed by atoms with Crippen LogP contribution in [0.1, 0.15) is 36.7 Å². The lowest BCUT2D eigenvalue weighted by molar-refractivity contribution is -0.128. The summed E-state index contributed by atoms with van der Waals surface area (Å²) in [6.07, 6.45) is -2.80. The molecule has 0 atom stereocenters. The van der Waals surface area contributed by atoms with Gasteiger partial charge in [0.15, 0.2) is 0 Å². The molecule has 216 valence electrons. The number of hydrogen-bond donors (Lipinski definition) is 3. The Morgan fingerprint density at radius 1 is 1.12 bits per heavy atom. The van der Waals surface area contributed by atoms with Crippen molar-refractivity contribution in [2.45, 2.75) is 33.7 Å². The molecule has 0 saturated carbocycles. The summed E-state index contributed by atoms with van der Waals surface area (Å²) in [4.78, 5) is 28.9. The number of fused-ring (bicyclic) bond motifs is 1. The van der Waals surface area contributed by atoms with Gasteiger partial charge in [-0.1, -0.05) is 66.0 Å².